The predicted octanol–water partition coefficient (Wildman–Crippen LogP) is 4.14. The number of methoxy groups -OCH3 is 1. The Morgan fingerprint density at radius 1 is 1.45 bits per heavy atom. The molecule has 110 valence electrons. The van der Waals surface area contributed by atoms with Gasteiger partial charge in [-0.05, 0) is 24.8 Å². The first kappa shape index (κ1) is 15.5. The zero-order chi connectivity index (χ0) is 14.5. The Kier molecular flexibility index (Phi) is 5.61. The van der Waals surface area contributed by atoms with Crippen LogP contribution in [0.4, 0.5) is 0 Å². The second kappa shape index (κ2) is 7.23. The number of hydrogen-bond donors (Lipinski definition) is 0. The van der Waals surface area contributed by atoms with Gasteiger partial charge in [0, 0.05) is 30.2 Å². The molecule has 0 N–H and O–H groups in total. The topological polar surface area (TPSA) is 27.1 Å². The van der Waals surface area contributed by atoms with Crippen LogP contribution >= 0.6 is 23.4 Å². The predicted molar refractivity (Wildman–Crippen MR) is 88.4 cm³/mol. The molecule has 1 aromatic heterocycles. The summed E-state index contributed by atoms with van der Waals surface area (Å²) in [7, 11) is 1.68. The van der Waals surface area contributed by atoms with Gasteiger partial charge in [-0.15, -0.1) is 11.6 Å². The Morgan fingerprint density at radius 2 is 2.25 bits per heavy atom. The molecule has 0 bridgehead atoms. The van der Waals surface area contributed by atoms with Crippen molar-refractivity contribution in [3.05, 3.63) is 24.0 Å². The quantitative estimate of drug-likeness (QED) is 0.719. The second-order valence-electron chi connectivity index (χ2n) is 4.71. The van der Waals surface area contributed by atoms with Crippen molar-refractivity contribution in [1.82, 2.24) is 9.55 Å². The number of alkyl halides is 1. The Bertz CT molecular complexity index is 570. The summed E-state index contributed by atoms with van der Waals surface area (Å²) in [5.74, 6) is 3.60. The summed E-state index contributed by atoms with van der Waals surface area (Å²) in [6.45, 7) is 2.22. The molecule has 1 heterocycles. The number of aryl methyl sites for hydroxylation is 1. The molecule has 0 spiro atoms. The highest BCUT2D eigenvalue weighted by molar-refractivity contribution is 7.98. The third-order valence-electron chi connectivity index (χ3n) is 3.48. The van der Waals surface area contributed by atoms with Gasteiger partial charge < -0.3 is 9.30 Å². The van der Waals surface area contributed by atoms with E-state index in [0.717, 1.165) is 35.7 Å². The third-order valence-corrected chi connectivity index (χ3v) is 4.39. The van der Waals surface area contributed by atoms with Crippen LogP contribution in [0.1, 0.15) is 25.2 Å². The van der Waals surface area contributed by atoms with Gasteiger partial charge >= 0.3 is 0 Å². The van der Waals surface area contributed by atoms with Crippen LogP contribution in [-0.2, 0) is 6.42 Å². The summed E-state index contributed by atoms with van der Waals surface area (Å²) in [5.41, 5.74) is 2.16. The summed E-state index contributed by atoms with van der Waals surface area (Å²) >= 11 is 7.81. The highest BCUT2D eigenvalue weighted by Crippen LogP contribution is 2.28. The molecule has 0 amide bonds. The molecule has 5 heteroatoms. The normalized spacial score (nSPS) is 12.8. The first-order valence-corrected chi connectivity index (χ1v) is 8.77. The van der Waals surface area contributed by atoms with E-state index >= 15 is 0 Å². The summed E-state index contributed by atoms with van der Waals surface area (Å²) < 4.78 is 7.64. The number of rotatable bonds is 7. The van der Waals surface area contributed by atoms with Crippen LogP contribution in [-0.4, -0.2) is 34.5 Å². The summed E-state index contributed by atoms with van der Waals surface area (Å²) in [6.07, 6.45) is 4.03. The molecule has 2 aromatic rings. The van der Waals surface area contributed by atoms with E-state index in [1.807, 2.05) is 23.9 Å². The van der Waals surface area contributed by atoms with Crippen molar-refractivity contribution in [1.29, 1.82) is 0 Å². The zero-order valence-corrected chi connectivity index (χ0v) is 13.8. The van der Waals surface area contributed by atoms with Gasteiger partial charge in [-0.1, -0.05) is 6.92 Å². The van der Waals surface area contributed by atoms with Gasteiger partial charge in [-0.3, -0.25) is 0 Å². The van der Waals surface area contributed by atoms with E-state index in [4.69, 9.17) is 21.3 Å². The molecule has 1 aromatic carbocycles. The molecule has 2 rings (SSSR count). The minimum Gasteiger partial charge on any atom is -0.497 e. The SMILES string of the molecule is CCC(CSC)n1c(CCCl)nc2cc(OC)ccc21. The molecule has 0 radical (unpaired) electrons. The fraction of sp³-hybridized carbons (Fsp3) is 0.533. The average molecular weight is 313 g/mol. The average Bonchev–Trinajstić information content (AvgIpc) is 2.82. The molecular weight excluding hydrogens is 292 g/mol. The van der Waals surface area contributed by atoms with Crippen molar-refractivity contribution < 1.29 is 4.74 Å². The fourth-order valence-corrected chi connectivity index (χ4v) is 3.43. The lowest BCUT2D eigenvalue weighted by Crippen LogP contribution is -2.14. The molecule has 0 saturated carbocycles. The number of aromatic nitrogens is 2. The summed E-state index contributed by atoms with van der Waals surface area (Å²) in [6, 6.07) is 6.55. The van der Waals surface area contributed by atoms with E-state index in [0.29, 0.717) is 11.9 Å². The number of imidazole rings is 1. The third kappa shape index (κ3) is 3.07. The van der Waals surface area contributed by atoms with E-state index in [1.54, 1.807) is 7.11 Å². The number of fused-ring (bicyclic) bond motifs is 1. The second-order valence-corrected chi connectivity index (χ2v) is 6.00. The lowest BCUT2D eigenvalue weighted by molar-refractivity contribution is 0.415. The first-order chi connectivity index (χ1) is 9.74. The number of ether oxygens (including phenoxy) is 1. The largest absolute Gasteiger partial charge is 0.497 e. The number of nitrogens with zero attached hydrogens (tertiary/aromatic N) is 2. The van der Waals surface area contributed by atoms with Crippen molar-refractivity contribution in [3.8, 4) is 5.75 Å². The monoisotopic (exact) mass is 312 g/mol. The standard InChI is InChI=1S/C15H21ClN2OS/c1-4-11(10-20-3)18-14-6-5-12(19-2)9-13(14)17-15(18)7-8-16/h5-6,9,11H,4,7-8,10H2,1-3H3. The van der Waals surface area contributed by atoms with E-state index in [1.165, 1.54) is 5.52 Å². The Morgan fingerprint density at radius 3 is 2.85 bits per heavy atom. The van der Waals surface area contributed by atoms with Crippen LogP contribution in [0.25, 0.3) is 11.0 Å². The molecule has 0 aliphatic rings. The maximum absolute atomic E-state index is 5.94. The van der Waals surface area contributed by atoms with Crippen molar-refractivity contribution >= 4 is 34.4 Å². The maximum atomic E-state index is 5.94. The Balaban J connectivity index is 2.55. The minimum absolute atomic E-state index is 0.460. The number of hydrogen-bond acceptors (Lipinski definition) is 3. The first-order valence-electron chi connectivity index (χ1n) is 6.84. The van der Waals surface area contributed by atoms with Crippen LogP contribution in [0.15, 0.2) is 18.2 Å². The van der Waals surface area contributed by atoms with Gasteiger partial charge in [0.2, 0.25) is 0 Å². The van der Waals surface area contributed by atoms with E-state index < -0.39 is 0 Å². The molecule has 0 fully saturated rings. The van der Waals surface area contributed by atoms with Crippen LogP contribution < -0.4 is 4.74 Å². The van der Waals surface area contributed by atoms with E-state index in [2.05, 4.69) is 23.8 Å². The van der Waals surface area contributed by atoms with Gasteiger partial charge in [0.25, 0.3) is 0 Å². The van der Waals surface area contributed by atoms with Crippen molar-refractivity contribution in [2.75, 3.05) is 25.0 Å². The highest BCUT2D eigenvalue weighted by Gasteiger charge is 2.17. The number of benzene rings is 1. The van der Waals surface area contributed by atoms with Gasteiger partial charge in [-0.2, -0.15) is 11.8 Å². The molecule has 3 nitrogen and oxygen atoms in total. The Labute approximate surface area is 129 Å². The lowest BCUT2D eigenvalue weighted by Gasteiger charge is -2.19. The lowest BCUT2D eigenvalue weighted by atomic mass is 10.2. The van der Waals surface area contributed by atoms with E-state index in [-0.39, 0.29) is 0 Å². The van der Waals surface area contributed by atoms with Crippen molar-refractivity contribution in [2.45, 2.75) is 25.8 Å². The highest BCUT2D eigenvalue weighted by atomic mass is 35.5. The fourth-order valence-electron chi connectivity index (χ4n) is 2.49. The molecular formula is C15H21ClN2OS. The minimum atomic E-state index is 0.460. The van der Waals surface area contributed by atoms with Crippen LogP contribution in [0, 0.1) is 0 Å². The summed E-state index contributed by atoms with van der Waals surface area (Å²) in [5, 5.41) is 0. The van der Waals surface area contributed by atoms with E-state index in [9.17, 15) is 0 Å². The smallest absolute Gasteiger partial charge is 0.121 e. The zero-order valence-electron chi connectivity index (χ0n) is 12.2. The van der Waals surface area contributed by atoms with Crippen molar-refractivity contribution in [2.24, 2.45) is 0 Å². The van der Waals surface area contributed by atoms with Crippen LogP contribution in [0.5, 0.6) is 5.75 Å². The summed E-state index contributed by atoms with van der Waals surface area (Å²) in [4.78, 5) is 4.75. The van der Waals surface area contributed by atoms with Crippen LogP contribution in [0.2, 0.25) is 0 Å². The van der Waals surface area contributed by atoms with Gasteiger partial charge in [0.15, 0.2) is 0 Å². The van der Waals surface area contributed by atoms with Gasteiger partial charge in [0.1, 0.15) is 11.6 Å². The number of thioether (sulfide) groups is 1. The molecule has 0 saturated heterocycles. The Hall–Kier alpha value is -0.870. The van der Waals surface area contributed by atoms with Gasteiger partial charge in [-0.25, -0.2) is 4.98 Å². The molecule has 1 unspecified atom stereocenters. The molecule has 0 aliphatic carbocycles. The van der Waals surface area contributed by atoms with Crippen LogP contribution in [0.3, 0.4) is 0 Å². The number of halogens is 1. The van der Waals surface area contributed by atoms with Crippen molar-refractivity contribution in [3.63, 3.8) is 0 Å². The van der Waals surface area contributed by atoms with Gasteiger partial charge in [0.05, 0.1) is 18.1 Å². The maximum Gasteiger partial charge on any atom is 0.121 e. The molecule has 1 atom stereocenters. The molecule has 20 heavy (non-hydrogen) atoms. The molecule has 0 aliphatic heterocycles.